The molecule has 1 aliphatic rings. The third kappa shape index (κ3) is 2.44. The topological polar surface area (TPSA) is 56.2 Å². The number of ether oxygens (including phenoxy) is 1. The molecule has 1 aliphatic heterocycles. The number of carbonyl (C=O) groups is 1. The van der Waals surface area contributed by atoms with Crippen LogP contribution < -0.4 is 10.1 Å². The van der Waals surface area contributed by atoms with Crippen LogP contribution in [0.1, 0.15) is 5.69 Å². The number of carbonyl (C=O) groups excluding carboxylic acids is 1. The fourth-order valence-corrected chi connectivity index (χ4v) is 2.12. The van der Waals surface area contributed by atoms with Crippen molar-refractivity contribution in [1.82, 2.24) is 9.78 Å². The van der Waals surface area contributed by atoms with Crippen LogP contribution >= 0.6 is 0 Å². The zero-order valence-corrected chi connectivity index (χ0v) is 10.9. The van der Waals surface area contributed by atoms with E-state index in [9.17, 15) is 18.0 Å². The first-order valence-electron chi connectivity index (χ1n) is 6.03. The number of halogens is 3. The molecule has 0 atom stereocenters. The molecule has 0 aliphatic carbocycles. The van der Waals surface area contributed by atoms with Gasteiger partial charge in [-0.2, -0.15) is 18.3 Å². The Kier molecular flexibility index (Phi) is 2.89. The van der Waals surface area contributed by atoms with Gasteiger partial charge in [0.15, 0.2) is 12.3 Å². The molecule has 8 heteroatoms. The summed E-state index contributed by atoms with van der Waals surface area (Å²) in [4.78, 5) is 11.3. The minimum atomic E-state index is -4.50. The zero-order chi connectivity index (χ0) is 15.2. The average molecular weight is 297 g/mol. The largest absolute Gasteiger partial charge is 0.482 e. The lowest BCUT2D eigenvalue weighted by atomic mass is 10.1. The number of rotatable bonds is 1. The van der Waals surface area contributed by atoms with Gasteiger partial charge in [-0.05, 0) is 24.3 Å². The average Bonchev–Trinajstić information content (AvgIpc) is 2.80. The number of amides is 1. The maximum atomic E-state index is 12.7. The minimum absolute atomic E-state index is 0.0731. The summed E-state index contributed by atoms with van der Waals surface area (Å²) in [6.45, 7) is -0.0731. The molecule has 0 saturated heterocycles. The normalized spacial score (nSPS) is 14.4. The van der Waals surface area contributed by atoms with Crippen LogP contribution in [0.2, 0.25) is 0 Å². The molecule has 0 bridgehead atoms. The summed E-state index contributed by atoms with van der Waals surface area (Å²) in [6.07, 6.45) is -4.50. The van der Waals surface area contributed by atoms with Crippen molar-refractivity contribution in [3.05, 3.63) is 30.0 Å². The number of nitrogens with one attached hydrogen (secondary N) is 1. The van der Waals surface area contributed by atoms with E-state index in [4.69, 9.17) is 4.74 Å². The first kappa shape index (κ1) is 13.5. The molecule has 0 fully saturated rings. The second-order valence-electron chi connectivity index (χ2n) is 4.58. The van der Waals surface area contributed by atoms with Crippen molar-refractivity contribution < 1.29 is 22.7 Å². The van der Waals surface area contributed by atoms with Gasteiger partial charge in [-0.3, -0.25) is 9.48 Å². The van der Waals surface area contributed by atoms with E-state index < -0.39 is 11.9 Å². The predicted molar refractivity (Wildman–Crippen MR) is 67.8 cm³/mol. The highest BCUT2D eigenvalue weighted by molar-refractivity contribution is 5.96. The molecule has 1 amide bonds. The Bertz CT molecular complexity index is 722. The number of anilines is 1. The molecule has 1 aromatic heterocycles. The highest BCUT2D eigenvalue weighted by atomic mass is 19.4. The van der Waals surface area contributed by atoms with Crippen LogP contribution in [0.4, 0.5) is 18.9 Å². The van der Waals surface area contributed by atoms with Gasteiger partial charge in [0.2, 0.25) is 0 Å². The van der Waals surface area contributed by atoms with E-state index in [1.807, 2.05) is 0 Å². The molecule has 110 valence electrons. The SMILES string of the molecule is Cn1nc(C(F)(F)F)cc1-c1ccc2c(c1)NC(=O)CO2. The molecule has 1 aromatic carbocycles. The molecule has 0 unspecified atom stereocenters. The van der Waals surface area contributed by atoms with E-state index in [1.165, 1.54) is 7.05 Å². The first-order valence-corrected chi connectivity index (χ1v) is 6.03. The summed E-state index contributed by atoms with van der Waals surface area (Å²) in [5, 5.41) is 6.07. The van der Waals surface area contributed by atoms with Crippen LogP contribution in [0.15, 0.2) is 24.3 Å². The molecule has 2 aromatic rings. The van der Waals surface area contributed by atoms with Crippen LogP contribution in [-0.2, 0) is 18.0 Å². The summed E-state index contributed by atoms with van der Waals surface area (Å²) < 4.78 is 44.4. The molecule has 0 spiro atoms. The quantitative estimate of drug-likeness (QED) is 0.879. The minimum Gasteiger partial charge on any atom is -0.482 e. The molecule has 2 heterocycles. The van der Waals surface area contributed by atoms with Crippen LogP contribution in [0.3, 0.4) is 0 Å². The lowest BCUT2D eigenvalue weighted by Gasteiger charge is -2.18. The standard InChI is InChI=1S/C13H10F3N3O2/c1-19-9(5-11(18-19)13(14,15)16)7-2-3-10-8(4-7)17-12(20)6-21-10/h2-5H,6H2,1H3,(H,17,20). The smallest absolute Gasteiger partial charge is 0.435 e. The van der Waals surface area contributed by atoms with Crippen molar-refractivity contribution in [1.29, 1.82) is 0 Å². The maximum absolute atomic E-state index is 12.7. The van der Waals surface area contributed by atoms with Gasteiger partial charge in [-0.15, -0.1) is 0 Å². The van der Waals surface area contributed by atoms with Gasteiger partial charge >= 0.3 is 6.18 Å². The van der Waals surface area contributed by atoms with E-state index in [0.717, 1.165) is 10.7 Å². The van der Waals surface area contributed by atoms with Gasteiger partial charge < -0.3 is 10.1 Å². The maximum Gasteiger partial charge on any atom is 0.435 e. The summed E-state index contributed by atoms with van der Waals surface area (Å²) in [5.41, 5.74) is 0.270. The van der Waals surface area contributed by atoms with Gasteiger partial charge in [0.25, 0.3) is 5.91 Å². The number of aryl methyl sites for hydroxylation is 1. The Morgan fingerprint density at radius 2 is 2.10 bits per heavy atom. The predicted octanol–water partition coefficient (Wildman–Crippen LogP) is 2.44. The lowest BCUT2D eigenvalue weighted by Crippen LogP contribution is -2.25. The van der Waals surface area contributed by atoms with Gasteiger partial charge in [0.1, 0.15) is 5.75 Å². The molecule has 0 saturated carbocycles. The van der Waals surface area contributed by atoms with E-state index in [2.05, 4.69) is 10.4 Å². The molecular formula is C13H10F3N3O2. The van der Waals surface area contributed by atoms with E-state index in [-0.39, 0.29) is 12.5 Å². The molecule has 3 rings (SSSR count). The Balaban J connectivity index is 2.03. The summed E-state index contributed by atoms with van der Waals surface area (Å²) in [6, 6.07) is 5.74. The number of benzene rings is 1. The van der Waals surface area contributed by atoms with Gasteiger partial charge in [-0.25, -0.2) is 0 Å². The van der Waals surface area contributed by atoms with Crippen LogP contribution in [0.5, 0.6) is 5.75 Å². The summed E-state index contributed by atoms with van der Waals surface area (Å²) in [5.74, 6) is 0.178. The lowest BCUT2D eigenvalue weighted by molar-refractivity contribution is -0.141. The Morgan fingerprint density at radius 3 is 2.76 bits per heavy atom. The summed E-state index contributed by atoms with van der Waals surface area (Å²) in [7, 11) is 1.43. The van der Waals surface area contributed by atoms with Gasteiger partial charge in [-0.1, -0.05) is 0 Å². The van der Waals surface area contributed by atoms with Crippen LogP contribution in [0.25, 0.3) is 11.3 Å². The Labute approximate surface area is 117 Å². The fraction of sp³-hybridized carbons (Fsp3) is 0.231. The van der Waals surface area contributed by atoms with Crippen molar-refractivity contribution in [2.24, 2.45) is 7.05 Å². The summed E-state index contributed by atoms with van der Waals surface area (Å²) >= 11 is 0. The highest BCUT2D eigenvalue weighted by Gasteiger charge is 2.34. The third-order valence-electron chi connectivity index (χ3n) is 3.08. The number of alkyl halides is 3. The first-order chi connectivity index (χ1) is 9.84. The number of aromatic nitrogens is 2. The van der Waals surface area contributed by atoms with E-state index in [1.54, 1.807) is 18.2 Å². The molecule has 5 nitrogen and oxygen atoms in total. The monoisotopic (exact) mass is 297 g/mol. The number of fused-ring (bicyclic) bond motifs is 1. The van der Waals surface area contributed by atoms with E-state index in [0.29, 0.717) is 22.7 Å². The number of nitrogens with zero attached hydrogens (tertiary/aromatic N) is 2. The molecule has 1 N–H and O–H groups in total. The molecule has 0 radical (unpaired) electrons. The van der Waals surface area contributed by atoms with Crippen molar-refractivity contribution in [2.75, 3.05) is 11.9 Å². The highest BCUT2D eigenvalue weighted by Crippen LogP contribution is 2.35. The third-order valence-corrected chi connectivity index (χ3v) is 3.08. The van der Waals surface area contributed by atoms with Gasteiger partial charge in [0, 0.05) is 12.6 Å². The van der Waals surface area contributed by atoms with Crippen molar-refractivity contribution in [2.45, 2.75) is 6.18 Å². The van der Waals surface area contributed by atoms with Crippen LogP contribution in [0, 0.1) is 0 Å². The second kappa shape index (κ2) is 4.51. The van der Waals surface area contributed by atoms with Crippen molar-refractivity contribution in [3.63, 3.8) is 0 Å². The zero-order valence-electron chi connectivity index (χ0n) is 10.9. The fourth-order valence-electron chi connectivity index (χ4n) is 2.12. The van der Waals surface area contributed by atoms with E-state index >= 15 is 0 Å². The number of hydrogen-bond acceptors (Lipinski definition) is 3. The van der Waals surface area contributed by atoms with Crippen molar-refractivity contribution >= 4 is 11.6 Å². The van der Waals surface area contributed by atoms with Gasteiger partial charge in [0.05, 0.1) is 11.4 Å². The van der Waals surface area contributed by atoms with Crippen LogP contribution in [-0.4, -0.2) is 22.3 Å². The Morgan fingerprint density at radius 1 is 1.33 bits per heavy atom. The Hall–Kier alpha value is -2.51. The van der Waals surface area contributed by atoms with Crippen molar-refractivity contribution in [3.8, 4) is 17.0 Å². The second-order valence-corrected chi connectivity index (χ2v) is 4.58. The molecule has 21 heavy (non-hydrogen) atoms. The molecular weight excluding hydrogens is 287 g/mol. The number of hydrogen-bond donors (Lipinski definition) is 1.